The molecule has 0 spiro atoms. The Kier molecular flexibility index (Phi) is 6.19. The van der Waals surface area contributed by atoms with E-state index < -0.39 is 39.4 Å². The van der Waals surface area contributed by atoms with Crippen molar-refractivity contribution >= 4 is 22.1 Å². The Morgan fingerprint density at radius 2 is 1.82 bits per heavy atom. The second kappa shape index (κ2) is 8.82. The molecule has 1 aliphatic heterocycles. The number of nitrogens with zero attached hydrogens (tertiary/aromatic N) is 1. The maximum absolute atomic E-state index is 13.1. The molecule has 1 unspecified atom stereocenters. The largest absolute Gasteiger partial charge is 0.534 e. The number of carbonyl (C=O) groups is 2. The molecule has 0 fully saturated rings. The summed E-state index contributed by atoms with van der Waals surface area (Å²) in [6.07, 6.45) is 1.09. The van der Waals surface area contributed by atoms with Gasteiger partial charge in [-0.3, -0.25) is 9.69 Å². The van der Waals surface area contributed by atoms with E-state index in [2.05, 4.69) is 9.50 Å². The minimum atomic E-state index is -5.87. The number of halogens is 3. The van der Waals surface area contributed by atoms with Crippen LogP contribution in [0.15, 0.2) is 42.5 Å². The van der Waals surface area contributed by atoms with E-state index in [1.165, 1.54) is 6.07 Å². The van der Waals surface area contributed by atoms with Gasteiger partial charge < -0.3 is 14.6 Å². The smallest absolute Gasteiger partial charge is 0.465 e. The molecule has 1 heterocycles. The van der Waals surface area contributed by atoms with Crippen molar-refractivity contribution in [1.82, 2.24) is 10.2 Å². The van der Waals surface area contributed by atoms with Gasteiger partial charge in [-0.05, 0) is 53.6 Å². The standard InChI is InChI=1S/C22H21F3N2O6S/c23-22(24,25)34(31,32)33-16-9-8-14-11-19(27(21(29)30)12-15(14)10-16)20(28)26-18-7-3-5-13-4-1-2-6-17(13)18/h1-2,4,6,8-10,18-19H,3,5,7,11-12H2,(H,26,28)(H,29,30)/t18-,19?/m1/s1. The Hall–Kier alpha value is -3.28. The highest BCUT2D eigenvalue weighted by Gasteiger charge is 2.48. The molecular formula is C22H21F3N2O6S. The van der Waals surface area contributed by atoms with Gasteiger partial charge in [-0.2, -0.15) is 21.6 Å². The topological polar surface area (TPSA) is 113 Å². The van der Waals surface area contributed by atoms with Crippen molar-refractivity contribution < 1.29 is 40.5 Å². The first kappa shape index (κ1) is 23.9. The number of hydrogen-bond donors (Lipinski definition) is 2. The Balaban J connectivity index is 1.55. The van der Waals surface area contributed by atoms with E-state index in [1.54, 1.807) is 0 Å². The van der Waals surface area contributed by atoms with E-state index in [4.69, 9.17) is 0 Å². The van der Waals surface area contributed by atoms with E-state index >= 15 is 0 Å². The van der Waals surface area contributed by atoms with Gasteiger partial charge in [0.1, 0.15) is 11.8 Å². The Morgan fingerprint density at radius 1 is 1.09 bits per heavy atom. The number of aryl methyl sites for hydroxylation is 1. The molecule has 8 nitrogen and oxygen atoms in total. The van der Waals surface area contributed by atoms with Crippen LogP contribution in [0.3, 0.4) is 0 Å². The fraction of sp³-hybridized carbons (Fsp3) is 0.364. The number of alkyl halides is 3. The molecule has 1 aliphatic carbocycles. The SMILES string of the molecule is O=C(N[C@@H]1CCCc2ccccc21)C1Cc2ccc(OS(=O)(=O)C(F)(F)F)cc2CN1C(=O)O. The zero-order chi connectivity index (χ0) is 24.7. The summed E-state index contributed by atoms with van der Waals surface area (Å²) in [5.74, 6) is -1.07. The van der Waals surface area contributed by atoms with Crippen LogP contribution in [-0.2, 0) is 34.3 Å². The zero-order valence-electron chi connectivity index (χ0n) is 17.7. The number of hydrogen-bond acceptors (Lipinski definition) is 5. The molecule has 2 aromatic rings. The molecule has 12 heteroatoms. The molecule has 34 heavy (non-hydrogen) atoms. The van der Waals surface area contributed by atoms with Crippen molar-refractivity contribution in [3.05, 3.63) is 64.7 Å². The third kappa shape index (κ3) is 4.67. The summed E-state index contributed by atoms with van der Waals surface area (Å²) < 4.78 is 64.5. The van der Waals surface area contributed by atoms with E-state index in [0.29, 0.717) is 12.0 Å². The van der Waals surface area contributed by atoms with Gasteiger partial charge in [-0.1, -0.05) is 30.3 Å². The number of rotatable bonds is 4. The summed E-state index contributed by atoms with van der Waals surface area (Å²) in [6.45, 7) is -0.312. The fourth-order valence-corrected chi connectivity index (χ4v) is 4.85. The molecule has 4 rings (SSSR count). The molecule has 0 saturated heterocycles. The first-order valence-corrected chi connectivity index (χ1v) is 11.9. The van der Waals surface area contributed by atoms with Crippen LogP contribution in [0.4, 0.5) is 18.0 Å². The maximum Gasteiger partial charge on any atom is 0.534 e. The first-order chi connectivity index (χ1) is 16.0. The molecule has 2 amide bonds. The summed E-state index contributed by atoms with van der Waals surface area (Å²) >= 11 is 0. The quantitative estimate of drug-likeness (QED) is 0.493. The molecule has 2 aliphatic rings. The van der Waals surface area contributed by atoms with Crippen molar-refractivity contribution in [2.75, 3.05) is 0 Å². The van der Waals surface area contributed by atoms with Gasteiger partial charge in [0.15, 0.2) is 0 Å². The van der Waals surface area contributed by atoms with Gasteiger partial charge in [0.05, 0.1) is 12.6 Å². The molecule has 0 bridgehead atoms. The highest BCUT2D eigenvalue weighted by atomic mass is 32.2. The van der Waals surface area contributed by atoms with E-state index in [9.17, 15) is 36.3 Å². The number of amides is 2. The van der Waals surface area contributed by atoms with Crippen LogP contribution < -0.4 is 9.50 Å². The molecule has 0 aromatic heterocycles. The van der Waals surface area contributed by atoms with Gasteiger partial charge >= 0.3 is 21.7 Å². The first-order valence-electron chi connectivity index (χ1n) is 10.5. The predicted molar refractivity (Wildman–Crippen MR) is 113 cm³/mol. The Bertz CT molecular complexity index is 1230. The molecule has 0 saturated carbocycles. The van der Waals surface area contributed by atoms with Crippen LogP contribution in [-0.4, -0.2) is 42.0 Å². The van der Waals surface area contributed by atoms with Gasteiger partial charge in [0.25, 0.3) is 0 Å². The Morgan fingerprint density at radius 3 is 2.53 bits per heavy atom. The lowest BCUT2D eigenvalue weighted by Gasteiger charge is -2.36. The molecule has 182 valence electrons. The molecule has 2 atom stereocenters. The summed E-state index contributed by atoms with van der Waals surface area (Å²) in [5.41, 5.74) is -2.71. The second-order valence-electron chi connectivity index (χ2n) is 8.20. The van der Waals surface area contributed by atoms with Crippen LogP contribution in [0.2, 0.25) is 0 Å². The molecule has 2 aromatic carbocycles. The summed E-state index contributed by atoms with van der Waals surface area (Å²) in [7, 11) is -5.87. The normalized spacial score (nSPS) is 20.1. The summed E-state index contributed by atoms with van der Waals surface area (Å²) in [6, 6.07) is 9.85. The lowest BCUT2D eigenvalue weighted by Crippen LogP contribution is -2.53. The maximum atomic E-state index is 13.1. The average molecular weight is 498 g/mol. The molecular weight excluding hydrogens is 477 g/mol. The van der Waals surface area contributed by atoms with Crippen LogP contribution in [0.5, 0.6) is 5.75 Å². The third-order valence-electron chi connectivity index (χ3n) is 6.03. The lowest BCUT2D eigenvalue weighted by molar-refractivity contribution is -0.127. The van der Waals surface area contributed by atoms with Gasteiger partial charge in [-0.25, -0.2) is 4.79 Å². The van der Waals surface area contributed by atoms with Crippen LogP contribution in [0.25, 0.3) is 0 Å². The van der Waals surface area contributed by atoms with Crippen LogP contribution in [0, 0.1) is 0 Å². The van der Waals surface area contributed by atoms with Crippen LogP contribution >= 0.6 is 0 Å². The Labute approximate surface area is 193 Å². The lowest BCUT2D eigenvalue weighted by atomic mass is 9.87. The van der Waals surface area contributed by atoms with Gasteiger partial charge in [0.2, 0.25) is 5.91 Å². The molecule has 2 N–H and O–H groups in total. The van der Waals surface area contributed by atoms with Gasteiger partial charge in [-0.15, -0.1) is 0 Å². The highest BCUT2D eigenvalue weighted by Crippen LogP contribution is 2.33. The average Bonchev–Trinajstić information content (AvgIpc) is 2.77. The van der Waals surface area contributed by atoms with Gasteiger partial charge in [0, 0.05) is 6.42 Å². The summed E-state index contributed by atoms with van der Waals surface area (Å²) in [4.78, 5) is 25.9. The van der Waals surface area contributed by atoms with E-state index in [-0.39, 0.29) is 24.6 Å². The van der Waals surface area contributed by atoms with Crippen molar-refractivity contribution in [3.8, 4) is 5.75 Å². The molecule has 0 radical (unpaired) electrons. The van der Waals surface area contributed by atoms with Crippen molar-refractivity contribution in [1.29, 1.82) is 0 Å². The second-order valence-corrected chi connectivity index (χ2v) is 9.73. The fourth-order valence-electron chi connectivity index (χ4n) is 4.39. The van der Waals surface area contributed by atoms with Crippen molar-refractivity contribution in [2.24, 2.45) is 0 Å². The van der Waals surface area contributed by atoms with Crippen LogP contribution in [0.1, 0.15) is 41.1 Å². The highest BCUT2D eigenvalue weighted by molar-refractivity contribution is 7.88. The third-order valence-corrected chi connectivity index (χ3v) is 7.01. The van der Waals surface area contributed by atoms with E-state index in [0.717, 1.165) is 41.0 Å². The number of carbonyl (C=O) groups excluding carboxylic acids is 1. The number of benzene rings is 2. The minimum Gasteiger partial charge on any atom is -0.465 e. The van der Waals surface area contributed by atoms with E-state index in [1.807, 2.05) is 24.3 Å². The van der Waals surface area contributed by atoms with Crippen molar-refractivity contribution in [2.45, 2.75) is 49.8 Å². The summed E-state index contributed by atoms with van der Waals surface area (Å²) in [5, 5.41) is 12.6. The predicted octanol–water partition coefficient (Wildman–Crippen LogP) is 3.51. The number of nitrogens with one attached hydrogen (secondary N) is 1. The van der Waals surface area contributed by atoms with Crippen molar-refractivity contribution in [3.63, 3.8) is 0 Å². The minimum absolute atomic E-state index is 0.0197. The monoisotopic (exact) mass is 498 g/mol. The zero-order valence-corrected chi connectivity index (χ0v) is 18.5. The number of carboxylic acid groups (broad SMARTS) is 1. The number of fused-ring (bicyclic) bond motifs is 2.